The first-order valence-electron chi connectivity index (χ1n) is 8.43. The number of aromatic amines is 1. The third-order valence-corrected chi connectivity index (χ3v) is 5.30. The Morgan fingerprint density at radius 2 is 1.92 bits per heavy atom. The number of hydrogen-bond donors (Lipinski definition) is 2. The van der Waals surface area contributed by atoms with E-state index in [1.807, 2.05) is 18.2 Å². The molecule has 126 valence electrons. The molecule has 1 aromatic heterocycles. The highest BCUT2D eigenvalue weighted by Gasteiger charge is 2.16. The van der Waals surface area contributed by atoms with Crippen molar-refractivity contribution in [2.45, 2.75) is 32.6 Å². The van der Waals surface area contributed by atoms with Crippen molar-refractivity contribution in [3.8, 4) is 11.3 Å². The normalized spacial score (nSPS) is 11.3. The van der Waals surface area contributed by atoms with Gasteiger partial charge >= 0.3 is 0 Å². The fourth-order valence-electron chi connectivity index (χ4n) is 3.15. The minimum absolute atomic E-state index is 0.579. The minimum Gasteiger partial charge on any atom is -0.354 e. The monoisotopic (exact) mass is 360 g/mol. The highest BCUT2D eigenvalue weighted by Crippen LogP contribution is 2.38. The summed E-state index contributed by atoms with van der Waals surface area (Å²) >= 11 is 12.7. The van der Waals surface area contributed by atoms with E-state index >= 15 is 0 Å². The third-order valence-electron chi connectivity index (χ3n) is 4.48. The lowest BCUT2D eigenvalue weighted by molar-refractivity contribution is 0.748. The first-order valence-corrected chi connectivity index (χ1v) is 9.19. The quantitative estimate of drug-likeness (QED) is 0.521. The molecule has 0 bridgehead atoms. The van der Waals surface area contributed by atoms with E-state index in [0.717, 1.165) is 49.0 Å². The Hall–Kier alpha value is -1.48. The summed E-state index contributed by atoms with van der Waals surface area (Å²) in [5.74, 6) is 0. The van der Waals surface area contributed by atoms with Gasteiger partial charge in [-0.05, 0) is 61.6 Å². The Morgan fingerprint density at radius 1 is 1.08 bits per heavy atom. The molecule has 1 heterocycles. The zero-order chi connectivity index (χ0) is 17.1. The van der Waals surface area contributed by atoms with Crippen LogP contribution in [0.5, 0.6) is 0 Å². The van der Waals surface area contributed by atoms with Gasteiger partial charge in [0.15, 0.2) is 0 Å². The molecule has 3 rings (SSSR count). The molecule has 0 fully saturated rings. The van der Waals surface area contributed by atoms with Crippen LogP contribution in [0.25, 0.3) is 22.2 Å². The van der Waals surface area contributed by atoms with Crippen molar-refractivity contribution in [3.63, 3.8) is 0 Å². The molecule has 3 N–H and O–H groups in total. The summed E-state index contributed by atoms with van der Waals surface area (Å²) in [6.07, 6.45) is 4.08. The molecule has 0 unspecified atom stereocenters. The van der Waals surface area contributed by atoms with Gasteiger partial charge in [-0.25, -0.2) is 0 Å². The summed E-state index contributed by atoms with van der Waals surface area (Å²) in [5.41, 5.74) is 11.5. The number of fused-ring (bicyclic) bond motifs is 1. The van der Waals surface area contributed by atoms with E-state index in [9.17, 15) is 0 Å². The van der Waals surface area contributed by atoms with Crippen molar-refractivity contribution in [1.29, 1.82) is 0 Å². The number of aryl methyl sites for hydroxylation is 2. The summed E-state index contributed by atoms with van der Waals surface area (Å²) in [6, 6.07) is 12.4. The molecule has 0 spiro atoms. The molecular formula is C20H22Cl2N2. The fraction of sp³-hybridized carbons (Fsp3) is 0.300. The lowest BCUT2D eigenvalue weighted by Gasteiger charge is -2.08. The maximum Gasteiger partial charge on any atom is 0.0685 e. The summed E-state index contributed by atoms with van der Waals surface area (Å²) < 4.78 is 0. The summed E-state index contributed by atoms with van der Waals surface area (Å²) in [7, 11) is 0. The number of rotatable bonds is 6. The molecule has 0 aliphatic carbocycles. The topological polar surface area (TPSA) is 41.8 Å². The SMILES string of the molecule is CCc1ccc2[nH]c(-c3cccc(Cl)c3Cl)c(CCCCN)c2c1. The van der Waals surface area contributed by atoms with E-state index in [-0.39, 0.29) is 0 Å². The second-order valence-corrected chi connectivity index (χ2v) is 6.84. The van der Waals surface area contributed by atoms with Crippen LogP contribution in [0, 0.1) is 0 Å². The summed E-state index contributed by atoms with van der Waals surface area (Å²) in [6.45, 7) is 2.90. The van der Waals surface area contributed by atoms with E-state index in [1.165, 1.54) is 16.5 Å². The van der Waals surface area contributed by atoms with Gasteiger partial charge in [0.05, 0.1) is 15.7 Å². The lowest BCUT2D eigenvalue weighted by atomic mass is 9.99. The molecule has 0 amide bonds. The Balaban J connectivity index is 2.18. The molecule has 0 aliphatic rings. The highest BCUT2D eigenvalue weighted by molar-refractivity contribution is 6.43. The van der Waals surface area contributed by atoms with Gasteiger partial charge in [0.25, 0.3) is 0 Å². The Kier molecular flexibility index (Phi) is 5.50. The molecule has 2 aromatic carbocycles. The van der Waals surface area contributed by atoms with Gasteiger partial charge in [-0.3, -0.25) is 0 Å². The number of nitrogens with two attached hydrogens (primary N) is 1. The Bertz CT molecular complexity index is 852. The van der Waals surface area contributed by atoms with Crippen LogP contribution in [0.1, 0.15) is 30.9 Å². The maximum atomic E-state index is 6.48. The summed E-state index contributed by atoms with van der Waals surface area (Å²) in [5, 5.41) is 2.45. The van der Waals surface area contributed by atoms with Crippen molar-refractivity contribution in [1.82, 2.24) is 4.98 Å². The summed E-state index contributed by atoms with van der Waals surface area (Å²) in [4.78, 5) is 3.55. The Labute approximate surface area is 153 Å². The van der Waals surface area contributed by atoms with Crippen LogP contribution in [0.15, 0.2) is 36.4 Å². The van der Waals surface area contributed by atoms with Crippen molar-refractivity contribution in [3.05, 3.63) is 57.6 Å². The molecule has 0 radical (unpaired) electrons. The van der Waals surface area contributed by atoms with Crippen LogP contribution in [0.3, 0.4) is 0 Å². The van der Waals surface area contributed by atoms with Crippen molar-refractivity contribution >= 4 is 34.1 Å². The number of hydrogen-bond acceptors (Lipinski definition) is 1. The van der Waals surface area contributed by atoms with Crippen LogP contribution in [-0.2, 0) is 12.8 Å². The molecule has 3 aromatic rings. The van der Waals surface area contributed by atoms with Gasteiger partial charge in [0.2, 0.25) is 0 Å². The molecule has 2 nitrogen and oxygen atoms in total. The van der Waals surface area contributed by atoms with Gasteiger partial charge in [0, 0.05) is 16.5 Å². The van der Waals surface area contributed by atoms with E-state index in [2.05, 4.69) is 30.1 Å². The number of nitrogens with one attached hydrogen (secondary N) is 1. The number of aromatic nitrogens is 1. The Morgan fingerprint density at radius 3 is 2.67 bits per heavy atom. The zero-order valence-corrected chi connectivity index (χ0v) is 15.3. The number of H-pyrrole nitrogens is 1. The van der Waals surface area contributed by atoms with Gasteiger partial charge in [-0.15, -0.1) is 0 Å². The molecule has 0 aliphatic heterocycles. The van der Waals surface area contributed by atoms with E-state index in [0.29, 0.717) is 10.0 Å². The van der Waals surface area contributed by atoms with Crippen LogP contribution >= 0.6 is 23.2 Å². The molecule has 24 heavy (non-hydrogen) atoms. The standard InChI is InChI=1S/C20H22Cl2N2/c1-2-13-9-10-18-16(12-13)14(6-3-4-11-23)20(24-18)15-7-5-8-17(21)19(15)22/h5,7-10,12,24H,2-4,6,11,23H2,1H3. The average Bonchev–Trinajstić information content (AvgIpc) is 2.95. The molecule has 0 atom stereocenters. The second kappa shape index (κ2) is 7.60. The molecule has 0 saturated heterocycles. The zero-order valence-electron chi connectivity index (χ0n) is 13.8. The van der Waals surface area contributed by atoms with Crippen molar-refractivity contribution in [2.24, 2.45) is 5.73 Å². The largest absolute Gasteiger partial charge is 0.354 e. The highest BCUT2D eigenvalue weighted by atomic mass is 35.5. The minimum atomic E-state index is 0.579. The maximum absolute atomic E-state index is 6.48. The van der Waals surface area contributed by atoms with E-state index in [4.69, 9.17) is 28.9 Å². The van der Waals surface area contributed by atoms with Crippen molar-refractivity contribution in [2.75, 3.05) is 6.54 Å². The van der Waals surface area contributed by atoms with Gasteiger partial charge < -0.3 is 10.7 Å². The molecular weight excluding hydrogens is 339 g/mol. The third kappa shape index (κ3) is 3.32. The van der Waals surface area contributed by atoms with Crippen LogP contribution in [0.2, 0.25) is 10.0 Å². The first-order chi connectivity index (χ1) is 11.7. The molecule has 0 saturated carbocycles. The number of unbranched alkanes of at least 4 members (excludes halogenated alkanes) is 1. The average molecular weight is 361 g/mol. The van der Waals surface area contributed by atoms with Crippen LogP contribution in [0.4, 0.5) is 0 Å². The number of halogens is 2. The van der Waals surface area contributed by atoms with E-state index in [1.54, 1.807) is 0 Å². The van der Waals surface area contributed by atoms with Crippen LogP contribution in [-0.4, -0.2) is 11.5 Å². The van der Waals surface area contributed by atoms with Gasteiger partial charge in [0.1, 0.15) is 0 Å². The predicted molar refractivity (Wildman–Crippen MR) is 105 cm³/mol. The van der Waals surface area contributed by atoms with Crippen molar-refractivity contribution < 1.29 is 0 Å². The van der Waals surface area contributed by atoms with Crippen LogP contribution < -0.4 is 5.73 Å². The first kappa shape index (κ1) is 17.3. The lowest BCUT2D eigenvalue weighted by Crippen LogP contribution is -1.99. The molecule has 4 heteroatoms. The van der Waals surface area contributed by atoms with E-state index < -0.39 is 0 Å². The fourth-order valence-corrected chi connectivity index (χ4v) is 3.54. The number of benzene rings is 2. The smallest absolute Gasteiger partial charge is 0.0685 e. The van der Waals surface area contributed by atoms with Gasteiger partial charge in [-0.2, -0.15) is 0 Å². The second-order valence-electron chi connectivity index (χ2n) is 6.06. The predicted octanol–water partition coefficient (Wildman–Crippen LogP) is 5.99. The van der Waals surface area contributed by atoms with Gasteiger partial charge in [-0.1, -0.05) is 48.3 Å².